The molecule has 9 heteroatoms. The van der Waals surface area contributed by atoms with Crippen molar-refractivity contribution >= 4 is 33.4 Å². The van der Waals surface area contributed by atoms with E-state index in [1.165, 1.54) is 0 Å². The van der Waals surface area contributed by atoms with Crippen molar-refractivity contribution in [2.75, 3.05) is 39.5 Å². The van der Waals surface area contributed by atoms with Gasteiger partial charge in [0.05, 0.1) is 22.5 Å². The Balaban J connectivity index is 1.35. The quantitative estimate of drug-likeness (QED) is 0.441. The van der Waals surface area contributed by atoms with Crippen LogP contribution in [-0.4, -0.2) is 59.6 Å². The predicted octanol–water partition coefficient (Wildman–Crippen LogP) is 3.35. The van der Waals surface area contributed by atoms with Crippen LogP contribution in [0.5, 0.6) is 5.75 Å². The maximum atomic E-state index is 12.6. The minimum atomic E-state index is -0.0651. The van der Waals surface area contributed by atoms with Crippen LogP contribution in [0, 0.1) is 0 Å². The van der Waals surface area contributed by atoms with Gasteiger partial charge >= 0.3 is 0 Å². The van der Waals surface area contributed by atoms with Crippen molar-refractivity contribution in [3.8, 4) is 17.0 Å². The molecule has 0 bridgehead atoms. The Morgan fingerprint density at radius 2 is 2.09 bits per heavy atom. The number of amides is 1. The molecule has 2 aromatic heterocycles. The highest BCUT2D eigenvalue weighted by molar-refractivity contribution is 7.18. The Morgan fingerprint density at radius 3 is 2.91 bits per heavy atom. The number of aromatic nitrogens is 3. The lowest BCUT2D eigenvalue weighted by atomic mass is 9.95. The number of rotatable bonds is 6. The zero-order valence-corrected chi connectivity index (χ0v) is 19.9. The summed E-state index contributed by atoms with van der Waals surface area (Å²) < 4.78 is 7.13. The van der Waals surface area contributed by atoms with Crippen LogP contribution in [0.2, 0.25) is 0 Å². The summed E-state index contributed by atoms with van der Waals surface area (Å²) in [5.74, 6) is 1.16. The molecule has 1 aliphatic rings. The van der Waals surface area contributed by atoms with Gasteiger partial charge in [-0.25, -0.2) is 15.0 Å². The van der Waals surface area contributed by atoms with Crippen LogP contribution in [-0.2, 0) is 6.42 Å². The molecule has 2 aromatic carbocycles. The summed E-state index contributed by atoms with van der Waals surface area (Å²) in [5, 5.41) is 4.00. The molecule has 0 saturated carbocycles. The van der Waals surface area contributed by atoms with E-state index in [2.05, 4.69) is 21.4 Å². The highest BCUT2D eigenvalue weighted by Gasteiger charge is 2.25. The van der Waals surface area contributed by atoms with E-state index < -0.39 is 0 Å². The Hall–Kier alpha value is -3.56. The maximum absolute atomic E-state index is 12.6. The van der Waals surface area contributed by atoms with Crippen LogP contribution in [0.25, 0.3) is 21.5 Å². The monoisotopic (exact) mass is 474 g/mol. The van der Waals surface area contributed by atoms with Gasteiger partial charge in [-0.1, -0.05) is 6.07 Å². The molecule has 1 aliphatic heterocycles. The number of nitrogens with zero attached hydrogens (tertiary/aromatic N) is 4. The molecule has 0 saturated heterocycles. The first-order chi connectivity index (χ1) is 16.5. The molecule has 1 unspecified atom stereocenters. The number of fused-ring (bicyclic) bond motifs is 2. The average Bonchev–Trinajstić information content (AvgIpc) is 3.26. The number of carbonyl (C=O) groups is 1. The number of anilines is 1. The number of benzene rings is 2. The SMILES string of the molecule is CN(C)CCNC(=O)c1ccc2c(c1)CC(c1nc3ccc(-c4ccnc(N)n4)cc3s1)CO2. The largest absolute Gasteiger partial charge is 0.493 e. The second-order valence-electron chi connectivity index (χ2n) is 8.63. The summed E-state index contributed by atoms with van der Waals surface area (Å²) in [5.41, 5.74) is 10.1. The molecule has 34 heavy (non-hydrogen) atoms. The number of carbonyl (C=O) groups excluding carboxylic acids is 1. The normalized spacial score (nSPS) is 15.2. The molecule has 174 valence electrons. The Kier molecular flexibility index (Phi) is 6.12. The van der Waals surface area contributed by atoms with Gasteiger partial charge < -0.3 is 20.7 Å². The van der Waals surface area contributed by atoms with Crippen molar-refractivity contribution < 1.29 is 9.53 Å². The van der Waals surface area contributed by atoms with E-state index in [9.17, 15) is 4.79 Å². The fourth-order valence-corrected chi connectivity index (χ4v) is 5.09. The molecular formula is C25H26N6O2S. The van der Waals surface area contributed by atoms with Gasteiger partial charge in [-0.2, -0.15) is 0 Å². The van der Waals surface area contributed by atoms with Crippen molar-refractivity contribution in [1.82, 2.24) is 25.2 Å². The summed E-state index contributed by atoms with van der Waals surface area (Å²) in [7, 11) is 3.97. The highest BCUT2D eigenvalue weighted by atomic mass is 32.1. The minimum Gasteiger partial charge on any atom is -0.493 e. The zero-order chi connectivity index (χ0) is 23.7. The molecule has 0 spiro atoms. The summed E-state index contributed by atoms with van der Waals surface area (Å²) >= 11 is 1.67. The molecule has 3 N–H and O–H groups in total. The summed E-state index contributed by atoms with van der Waals surface area (Å²) in [4.78, 5) is 27.7. The van der Waals surface area contributed by atoms with Gasteiger partial charge in [0.25, 0.3) is 5.91 Å². The Labute approximate surface area is 201 Å². The van der Waals surface area contributed by atoms with E-state index in [-0.39, 0.29) is 17.8 Å². The van der Waals surface area contributed by atoms with Crippen molar-refractivity contribution in [3.63, 3.8) is 0 Å². The second kappa shape index (κ2) is 9.36. The molecule has 1 atom stereocenters. The number of nitrogen functional groups attached to an aromatic ring is 1. The number of nitrogens with one attached hydrogen (secondary N) is 1. The van der Waals surface area contributed by atoms with Crippen LogP contribution < -0.4 is 15.8 Å². The summed E-state index contributed by atoms with van der Waals surface area (Å²) in [6.07, 6.45) is 2.44. The summed E-state index contributed by atoms with van der Waals surface area (Å²) in [6, 6.07) is 13.6. The molecule has 8 nitrogen and oxygen atoms in total. The van der Waals surface area contributed by atoms with Gasteiger partial charge in [-0.05, 0) is 62.5 Å². The fourth-order valence-electron chi connectivity index (χ4n) is 4.00. The number of ether oxygens (including phenoxy) is 1. The second-order valence-corrected chi connectivity index (χ2v) is 9.69. The zero-order valence-electron chi connectivity index (χ0n) is 19.1. The third kappa shape index (κ3) is 4.71. The molecule has 5 rings (SSSR count). The van der Waals surface area contributed by atoms with Gasteiger partial charge in [-0.15, -0.1) is 11.3 Å². The lowest BCUT2D eigenvalue weighted by molar-refractivity contribution is 0.0950. The minimum absolute atomic E-state index is 0.0651. The first kappa shape index (κ1) is 22.2. The standard InChI is InChI=1S/C25H26N6O2S/c1-31(2)10-9-27-23(32)16-4-6-21-17(11-16)12-18(14-33-21)24-29-20-5-3-15(13-22(20)34-24)19-7-8-28-25(26)30-19/h3-8,11,13,18H,9-10,12,14H2,1-2H3,(H,27,32)(H2,26,28,30). The van der Waals surface area contributed by atoms with Gasteiger partial charge in [0.15, 0.2) is 0 Å². The fraction of sp³-hybridized carbons (Fsp3) is 0.280. The third-order valence-electron chi connectivity index (χ3n) is 5.80. The lowest BCUT2D eigenvalue weighted by Crippen LogP contribution is -2.31. The number of thiazole rings is 1. The summed E-state index contributed by atoms with van der Waals surface area (Å²) in [6.45, 7) is 1.97. The molecule has 3 heterocycles. The Morgan fingerprint density at radius 1 is 1.21 bits per heavy atom. The molecule has 0 aliphatic carbocycles. The molecular weight excluding hydrogens is 448 g/mol. The molecule has 4 aromatic rings. The van der Waals surface area contributed by atoms with Crippen LogP contribution >= 0.6 is 11.3 Å². The van der Waals surface area contributed by atoms with Crippen molar-refractivity contribution in [3.05, 3.63) is 64.8 Å². The topological polar surface area (TPSA) is 106 Å². The van der Waals surface area contributed by atoms with E-state index in [1.807, 2.05) is 55.4 Å². The van der Waals surface area contributed by atoms with Crippen LogP contribution in [0.15, 0.2) is 48.7 Å². The van der Waals surface area contributed by atoms with E-state index in [0.29, 0.717) is 18.7 Å². The number of hydrogen-bond donors (Lipinski definition) is 2. The number of hydrogen-bond acceptors (Lipinski definition) is 8. The first-order valence-corrected chi connectivity index (χ1v) is 12.0. The molecule has 1 amide bonds. The third-order valence-corrected chi connectivity index (χ3v) is 6.98. The number of likely N-dealkylation sites (N-methyl/N-ethyl adjacent to an activating group) is 1. The van der Waals surface area contributed by atoms with E-state index >= 15 is 0 Å². The first-order valence-electron chi connectivity index (χ1n) is 11.1. The predicted molar refractivity (Wildman–Crippen MR) is 134 cm³/mol. The van der Waals surface area contributed by atoms with Crippen molar-refractivity contribution in [2.24, 2.45) is 0 Å². The van der Waals surface area contributed by atoms with Crippen molar-refractivity contribution in [1.29, 1.82) is 0 Å². The van der Waals surface area contributed by atoms with Gasteiger partial charge in [0.2, 0.25) is 5.95 Å². The van der Waals surface area contributed by atoms with Crippen LogP contribution in [0.3, 0.4) is 0 Å². The van der Waals surface area contributed by atoms with Crippen molar-refractivity contribution in [2.45, 2.75) is 12.3 Å². The van der Waals surface area contributed by atoms with E-state index in [4.69, 9.17) is 15.5 Å². The maximum Gasteiger partial charge on any atom is 0.251 e. The number of nitrogens with two attached hydrogens (primary N) is 1. The van der Waals surface area contributed by atoms with Gasteiger partial charge in [0.1, 0.15) is 10.8 Å². The van der Waals surface area contributed by atoms with E-state index in [1.54, 1.807) is 17.5 Å². The lowest BCUT2D eigenvalue weighted by Gasteiger charge is -2.24. The Bertz CT molecular complexity index is 1350. The average molecular weight is 475 g/mol. The highest BCUT2D eigenvalue weighted by Crippen LogP contribution is 2.37. The smallest absolute Gasteiger partial charge is 0.251 e. The molecule has 0 fully saturated rings. The van der Waals surface area contributed by atoms with Gasteiger partial charge in [0, 0.05) is 36.3 Å². The van der Waals surface area contributed by atoms with Crippen LogP contribution in [0.1, 0.15) is 26.8 Å². The van der Waals surface area contributed by atoms with E-state index in [0.717, 1.165) is 50.8 Å². The van der Waals surface area contributed by atoms with Gasteiger partial charge in [-0.3, -0.25) is 4.79 Å². The molecule has 0 radical (unpaired) electrons. The van der Waals surface area contributed by atoms with Crippen LogP contribution in [0.4, 0.5) is 5.95 Å².